The molecule has 4 nitrogen and oxygen atoms in total. The van der Waals surface area contributed by atoms with Gasteiger partial charge in [-0.15, -0.1) is 0 Å². The summed E-state index contributed by atoms with van der Waals surface area (Å²) < 4.78 is 4.60. The van der Waals surface area contributed by atoms with Gasteiger partial charge in [-0.1, -0.05) is 31.2 Å². The molecule has 0 bridgehead atoms. The second-order valence-electron chi connectivity index (χ2n) is 4.11. The van der Waals surface area contributed by atoms with Gasteiger partial charge in [0.05, 0.1) is 0 Å². The number of carbonyl (C=O) groups is 2. The second-order valence-corrected chi connectivity index (χ2v) is 4.11. The van der Waals surface area contributed by atoms with Crippen molar-refractivity contribution >= 4 is 17.6 Å². The van der Waals surface area contributed by atoms with Crippen molar-refractivity contribution in [3.05, 3.63) is 41.5 Å². The highest BCUT2D eigenvalue weighted by atomic mass is 16.6. The minimum atomic E-state index is -0.644. The zero-order chi connectivity index (χ0) is 14.3. The molecule has 1 N–H and O–H groups in total. The number of hydrogen-bond acceptors (Lipinski definition) is 4. The highest BCUT2D eigenvalue weighted by Gasteiger charge is 2.09. The Balaban J connectivity index is 2.62. The van der Waals surface area contributed by atoms with Crippen LogP contribution in [-0.4, -0.2) is 18.5 Å². The van der Waals surface area contributed by atoms with Crippen LogP contribution >= 0.6 is 0 Å². The van der Waals surface area contributed by atoms with Crippen LogP contribution in [0.3, 0.4) is 0 Å². The summed E-state index contributed by atoms with van der Waals surface area (Å²) in [7, 11) is 0. The van der Waals surface area contributed by atoms with Crippen LogP contribution in [0.1, 0.15) is 25.0 Å². The van der Waals surface area contributed by atoms with Gasteiger partial charge < -0.3 is 10.1 Å². The number of carbonyl (C=O) groups excluding carboxylic acids is 2. The maximum Gasteiger partial charge on any atom is 0.338 e. The van der Waals surface area contributed by atoms with Crippen LogP contribution in [0.2, 0.25) is 0 Å². The molecule has 102 valence electrons. The Morgan fingerprint density at radius 3 is 2.74 bits per heavy atom. The number of hydrogen-bond donors (Lipinski definition) is 1. The van der Waals surface area contributed by atoms with Crippen LogP contribution in [0.4, 0.5) is 5.69 Å². The summed E-state index contributed by atoms with van der Waals surface area (Å²) >= 11 is 0. The van der Waals surface area contributed by atoms with E-state index in [2.05, 4.69) is 10.1 Å². The van der Waals surface area contributed by atoms with Crippen LogP contribution in [-0.2, 0) is 20.7 Å². The fourth-order valence-electron chi connectivity index (χ4n) is 1.76. The standard InChI is InChI=1S/C15H19NO3/c1-4-7-13(17)19-14(18)10-16-15-11(3)8-6-9-12(15)5-2/h4,6-9,16H,5,10H2,1-3H3. The number of benzene rings is 1. The lowest BCUT2D eigenvalue weighted by Crippen LogP contribution is -2.20. The van der Waals surface area contributed by atoms with Gasteiger partial charge in [0.25, 0.3) is 0 Å². The molecule has 1 aromatic carbocycles. The third-order valence-corrected chi connectivity index (χ3v) is 2.67. The van der Waals surface area contributed by atoms with E-state index < -0.39 is 11.9 Å². The van der Waals surface area contributed by atoms with Crippen LogP contribution < -0.4 is 5.32 Å². The maximum atomic E-state index is 11.5. The Bertz CT molecular complexity index is 492. The molecule has 0 aliphatic rings. The fraction of sp³-hybridized carbons (Fsp3) is 0.333. The number of ether oxygens (including phenoxy) is 1. The molecule has 19 heavy (non-hydrogen) atoms. The lowest BCUT2D eigenvalue weighted by atomic mass is 10.1. The van der Waals surface area contributed by atoms with Crippen LogP contribution in [0.5, 0.6) is 0 Å². The molecule has 0 fully saturated rings. The number of nitrogens with one attached hydrogen (secondary N) is 1. The van der Waals surface area contributed by atoms with Gasteiger partial charge >= 0.3 is 11.9 Å². The molecule has 0 aliphatic carbocycles. The quantitative estimate of drug-likeness (QED) is 0.503. The molecule has 0 radical (unpaired) electrons. The third-order valence-electron chi connectivity index (χ3n) is 2.67. The molecule has 0 spiro atoms. The van der Waals surface area contributed by atoms with Gasteiger partial charge in [0, 0.05) is 11.8 Å². The first-order valence-corrected chi connectivity index (χ1v) is 6.28. The van der Waals surface area contributed by atoms with E-state index in [-0.39, 0.29) is 6.54 Å². The van der Waals surface area contributed by atoms with E-state index in [0.717, 1.165) is 23.2 Å². The molecular weight excluding hydrogens is 242 g/mol. The summed E-state index contributed by atoms with van der Waals surface area (Å²) in [4.78, 5) is 22.6. The Labute approximate surface area is 113 Å². The molecule has 0 saturated heterocycles. The molecule has 0 amide bonds. The molecule has 0 atom stereocenters. The average molecular weight is 261 g/mol. The summed E-state index contributed by atoms with van der Waals surface area (Å²) in [5.41, 5.74) is 3.12. The van der Waals surface area contributed by atoms with Gasteiger partial charge in [-0.2, -0.15) is 0 Å². The molecule has 1 aromatic rings. The lowest BCUT2D eigenvalue weighted by Gasteiger charge is -2.12. The van der Waals surface area contributed by atoms with E-state index in [1.165, 1.54) is 12.2 Å². The van der Waals surface area contributed by atoms with E-state index in [9.17, 15) is 9.59 Å². The van der Waals surface area contributed by atoms with Crippen molar-refractivity contribution in [3.8, 4) is 0 Å². The molecule has 0 saturated carbocycles. The number of rotatable bonds is 5. The number of anilines is 1. The van der Waals surface area contributed by atoms with Crippen LogP contribution in [0.25, 0.3) is 0 Å². The van der Waals surface area contributed by atoms with Gasteiger partial charge in [0.1, 0.15) is 6.54 Å². The number of allylic oxidation sites excluding steroid dienone is 1. The first-order valence-electron chi connectivity index (χ1n) is 6.28. The van der Waals surface area contributed by atoms with Gasteiger partial charge in [0.15, 0.2) is 0 Å². The highest BCUT2D eigenvalue weighted by molar-refractivity contribution is 5.93. The van der Waals surface area contributed by atoms with Crippen molar-refractivity contribution in [2.45, 2.75) is 27.2 Å². The SMILES string of the molecule is CC=CC(=O)OC(=O)CNc1c(C)cccc1CC. The van der Waals surface area contributed by atoms with Crippen molar-refractivity contribution in [2.24, 2.45) is 0 Å². The summed E-state index contributed by atoms with van der Waals surface area (Å²) in [6.45, 7) is 5.68. The fourth-order valence-corrected chi connectivity index (χ4v) is 1.76. The third kappa shape index (κ3) is 4.58. The average Bonchev–Trinajstić information content (AvgIpc) is 2.37. The second kappa shape index (κ2) is 7.36. The van der Waals surface area contributed by atoms with Crippen molar-refractivity contribution in [1.82, 2.24) is 0 Å². The zero-order valence-corrected chi connectivity index (χ0v) is 11.5. The molecular formula is C15H19NO3. The summed E-state index contributed by atoms with van der Waals surface area (Å²) in [6.07, 6.45) is 3.61. The molecule has 0 heterocycles. The highest BCUT2D eigenvalue weighted by Crippen LogP contribution is 2.20. The van der Waals surface area contributed by atoms with Gasteiger partial charge in [-0.25, -0.2) is 9.59 Å². The van der Waals surface area contributed by atoms with E-state index in [4.69, 9.17) is 0 Å². The lowest BCUT2D eigenvalue weighted by molar-refractivity contribution is -0.154. The van der Waals surface area contributed by atoms with Gasteiger partial charge in [-0.3, -0.25) is 0 Å². The number of aryl methyl sites for hydroxylation is 2. The molecule has 0 aromatic heterocycles. The van der Waals surface area contributed by atoms with Crippen LogP contribution in [0, 0.1) is 6.92 Å². The van der Waals surface area contributed by atoms with E-state index in [1.54, 1.807) is 6.92 Å². The summed E-state index contributed by atoms with van der Waals surface area (Å²) in [5.74, 6) is -1.23. The monoisotopic (exact) mass is 261 g/mol. The van der Waals surface area contributed by atoms with Crippen molar-refractivity contribution in [3.63, 3.8) is 0 Å². The smallest absolute Gasteiger partial charge is 0.338 e. The summed E-state index contributed by atoms with van der Waals surface area (Å²) in [6, 6.07) is 5.96. The molecule has 1 rings (SSSR count). The Morgan fingerprint density at radius 1 is 1.37 bits per heavy atom. The Morgan fingerprint density at radius 2 is 2.11 bits per heavy atom. The molecule has 4 heteroatoms. The normalized spacial score (nSPS) is 10.5. The number of esters is 2. The van der Waals surface area contributed by atoms with Crippen molar-refractivity contribution in [2.75, 3.05) is 11.9 Å². The predicted octanol–water partition coefficient (Wildman–Crippen LogP) is 2.62. The molecule has 0 aliphatic heterocycles. The van der Waals surface area contributed by atoms with Crippen LogP contribution in [0.15, 0.2) is 30.4 Å². The topological polar surface area (TPSA) is 55.4 Å². The van der Waals surface area contributed by atoms with E-state index >= 15 is 0 Å². The maximum absolute atomic E-state index is 11.5. The van der Waals surface area contributed by atoms with E-state index in [0.29, 0.717) is 0 Å². The van der Waals surface area contributed by atoms with Gasteiger partial charge in [-0.05, 0) is 31.4 Å². The molecule has 0 unspecified atom stereocenters. The van der Waals surface area contributed by atoms with Gasteiger partial charge in [0.2, 0.25) is 0 Å². The zero-order valence-electron chi connectivity index (χ0n) is 11.5. The first kappa shape index (κ1) is 15.0. The predicted molar refractivity (Wildman–Crippen MR) is 75.0 cm³/mol. The van der Waals surface area contributed by atoms with Crippen molar-refractivity contribution < 1.29 is 14.3 Å². The Kier molecular flexibility index (Phi) is 5.79. The minimum Gasteiger partial charge on any atom is -0.389 e. The van der Waals surface area contributed by atoms with E-state index in [1.807, 2.05) is 32.0 Å². The number of para-hydroxylation sites is 1. The first-order chi connectivity index (χ1) is 9.08. The minimum absolute atomic E-state index is 0.0266. The largest absolute Gasteiger partial charge is 0.389 e. The van der Waals surface area contributed by atoms with Crippen molar-refractivity contribution in [1.29, 1.82) is 0 Å². The summed E-state index contributed by atoms with van der Waals surface area (Å²) in [5, 5.41) is 3.03. The Hall–Kier alpha value is -2.10.